The highest BCUT2D eigenvalue weighted by Crippen LogP contribution is 2.33. The molecule has 1 aliphatic rings. The van der Waals surface area contributed by atoms with E-state index in [1.165, 1.54) is 6.07 Å². The molecular formula is C16H23FN2O3. The van der Waals surface area contributed by atoms with Crippen molar-refractivity contribution in [1.82, 2.24) is 10.2 Å². The smallest absolute Gasteiger partial charge is 0.317 e. The molecule has 22 heavy (non-hydrogen) atoms. The van der Waals surface area contributed by atoms with Crippen molar-refractivity contribution < 1.29 is 19.0 Å². The maximum absolute atomic E-state index is 13.9. The fourth-order valence-corrected chi connectivity index (χ4v) is 2.67. The molecule has 122 valence electrons. The quantitative estimate of drug-likeness (QED) is 0.878. The second-order valence-electron chi connectivity index (χ2n) is 5.36. The van der Waals surface area contributed by atoms with E-state index in [9.17, 15) is 9.18 Å². The highest BCUT2D eigenvalue weighted by molar-refractivity contribution is 5.75. The molecule has 1 heterocycles. The van der Waals surface area contributed by atoms with E-state index in [4.69, 9.17) is 9.84 Å². The number of rotatable bonds is 5. The van der Waals surface area contributed by atoms with Crippen molar-refractivity contribution in [1.29, 1.82) is 0 Å². The first-order valence-electron chi connectivity index (χ1n) is 7.74. The van der Waals surface area contributed by atoms with Gasteiger partial charge >= 0.3 is 6.03 Å². The van der Waals surface area contributed by atoms with Crippen molar-refractivity contribution >= 4 is 6.03 Å². The minimum absolute atomic E-state index is 0.0770. The van der Waals surface area contributed by atoms with Crippen LogP contribution in [0.2, 0.25) is 0 Å². The molecule has 2 N–H and O–H groups in total. The van der Waals surface area contributed by atoms with Gasteiger partial charge in [-0.25, -0.2) is 9.18 Å². The number of aliphatic hydroxyl groups is 1. The van der Waals surface area contributed by atoms with E-state index in [1.54, 1.807) is 17.0 Å². The Hall–Kier alpha value is -1.82. The van der Waals surface area contributed by atoms with Crippen LogP contribution >= 0.6 is 0 Å². The Bertz CT molecular complexity index is 504. The molecule has 5 nitrogen and oxygen atoms in total. The summed E-state index contributed by atoms with van der Waals surface area (Å²) in [6.07, 6.45) is 2.25. The van der Waals surface area contributed by atoms with Crippen LogP contribution in [-0.2, 0) is 0 Å². The molecule has 0 spiro atoms. The molecule has 2 rings (SSSR count). The van der Waals surface area contributed by atoms with Crippen molar-refractivity contribution in [3.63, 3.8) is 0 Å². The van der Waals surface area contributed by atoms with E-state index < -0.39 is 5.82 Å². The first kappa shape index (κ1) is 16.5. The Balaban J connectivity index is 2.15. The van der Waals surface area contributed by atoms with E-state index in [2.05, 4.69) is 5.32 Å². The summed E-state index contributed by atoms with van der Waals surface area (Å²) in [5.74, 6) is -0.172. The molecule has 2 amide bonds. The number of carbonyl (C=O) groups is 1. The average molecular weight is 310 g/mol. The van der Waals surface area contributed by atoms with Crippen molar-refractivity contribution in [2.75, 3.05) is 26.3 Å². The zero-order valence-electron chi connectivity index (χ0n) is 12.8. The van der Waals surface area contributed by atoms with E-state index in [1.807, 2.05) is 6.92 Å². The van der Waals surface area contributed by atoms with Gasteiger partial charge in [-0.05, 0) is 25.3 Å². The van der Waals surface area contributed by atoms with Crippen molar-refractivity contribution in [2.24, 2.45) is 0 Å². The Labute approximate surface area is 130 Å². The number of aliphatic hydroxyl groups excluding tert-OH is 1. The molecule has 1 aliphatic heterocycles. The van der Waals surface area contributed by atoms with Crippen molar-refractivity contribution in [3.8, 4) is 5.75 Å². The van der Waals surface area contributed by atoms with Crippen LogP contribution in [0.15, 0.2) is 18.2 Å². The van der Waals surface area contributed by atoms with Crippen LogP contribution in [-0.4, -0.2) is 42.3 Å². The largest absolute Gasteiger partial charge is 0.490 e. The van der Waals surface area contributed by atoms with Crippen LogP contribution in [0.25, 0.3) is 0 Å². The highest BCUT2D eigenvalue weighted by Gasteiger charge is 2.25. The summed E-state index contributed by atoms with van der Waals surface area (Å²) in [5.41, 5.74) is 0.672. The van der Waals surface area contributed by atoms with Gasteiger partial charge in [0.1, 0.15) is 0 Å². The molecule has 0 aromatic heterocycles. The molecule has 0 saturated carbocycles. The molecular weight excluding hydrogens is 287 g/mol. The van der Waals surface area contributed by atoms with Crippen LogP contribution in [0.3, 0.4) is 0 Å². The summed E-state index contributed by atoms with van der Waals surface area (Å²) in [7, 11) is 0. The second kappa shape index (κ2) is 7.98. The number of nitrogens with one attached hydrogen (secondary N) is 1. The van der Waals surface area contributed by atoms with Crippen LogP contribution in [0.4, 0.5) is 9.18 Å². The molecule has 0 radical (unpaired) electrons. The fraction of sp³-hybridized carbons (Fsp3) is 0.562. The van der Waals surface area contributed by atoms with E-state index in [0.717, 1.165) is 12.8 Å². The SMILES string of the molecule is CCCN(CCO)C(=O)NC1CCCOc2c(F)cccc21. The number of urea groups is 1. The van der Waals surface area contributed by atoms with Gasteiger partial charge in [-0.15, -0.1) is 0 Å². The maximum atomic E-state index is 13.9. The summed E-state index contributed by atoms with van der Waals surface area (Å²) < 4.78 is 19.3. The number of hydrogen-bond acceptors (Lipinski definition) is 3. The number of hydrogen-bond donors (Lipinski definition) is 2. The lowest BCUT2D eigenvalue weighted by atomic mass is 10.0. The maximum Gasteiger partial charge on any atom is 0.317 e. The lowest BCUT2D eigenvalue weighted by molar-refractivity contribution is 0.173. The predicted octanol–water partition coefficient (Wildman–Crippen LogP) is 2.45. The summed E-state index contributed by atoms with van der Waals surface area (Å²) in [5, 5.41) is 12.0. The third-order valence-electron chi connectivity index (χ3n) is 3.70. The number of carbonyl (C=O) groups excluding carboxylic acids is 1. The van der Waals surface area contributed by atoms with Gasteiger partial charge in [-0.3, -0.25) is 0 Å². The summed E-state index contributed by atoms with van der Waals surface area (Å²) >= 11 is 0. The Morgan fingerprint density at radius 1 is 1.50 bits per heavy atom. The second-order valence-corrected chi connectivity index (χ2v) is 5.36. The van der Waals surface area contributed by atoms with Crippen LogP contribution in [0, 0.1) is 5.82 Å². The highest BCUT2D eigenvalue weighted by atomic mass is 19.1. The van der Waals surface area contributed by atoms with Gasteiger partial charge in [0.05, 0.1) is 19.3 Å². The van der Waals surface area contributed by atoms with Gasteiger partial charge in [0, 0.05) is 18.7 Å². The molecule has 1 aromatic carbocycles. The summed E-state index contributed by atoms with van der Waals surface area (Å²) in [6, 6.07) is 4.25. The van der Waals surface area contributed by atoms with Gasteiger partial charge in [0.2, 0.25) is 0 Å². The van der Waals surface area contributed by atoms with Crippen LogP contribution in [0.5, 0.6) is 5.75 Å². The number of para-hydroxylation sites is 1. The minimum atomic E-state index is -0.403. The topological polar surface area (TPSA) is 61.8 Å². The third-order valence-corrected chi connectivity index (χ3v) is 3.70. The zero-order chi connectivity index (χ0) is 15.9. The number of amides is 2. The van der Waals surface area contributed by atoms with Gasteiger partial charge in [0.15, 0.2) is 11.6 Å². The molecule has 1 atom stereocenters. The molecule has 1 aromatic rings. The molecule has 1 unspecified atom stereocenters. The molecule has 0 fully saturated rings. The van der Waals surface area contributed by atoms with Gasteiger partial charge in [-0.2, -0.15) is 0 Å². The lowest BCUT2D eigenvalue weighted by Gasteiger charge is -2.25. The number of nitrogens with zero attached hydrogens (tertiary/aromatic N) is 1. The van der Waals surface area contributed by atoms with E-state index >= 15 is 0 Å². The number of halogens is 1. The zero-order valence-corrected chi connectivity index (χ0v) is 12.8. The Kier molecular flexibility index (Phi) is 6.00. The molecule has 0 saturated heterocycles. The van der Waals surface area contributed by atoms with Crippen molar-refractivity contribution in [2.45, 2.75) is 32.2 Å². The van der Waals surface area contributed by atoms with Gasteiger partial charge < -0.3 is 20.1 Å². The number of ether oxygens (including phenoxy) is 1. The predicted molar refractivity (Wildman–Crippen MR) is 81.4 cm³/mol. The molecule has 0 bridgehead atoms. The monoisotopic (exact) mass is 310 g/mol. The summed E-state index contributed by atoms with van der Waals surface area (Å²) in [6.45, 7) is 3.20. The molecule has 0 aliphatic carbocycles. The van der Waals surface area contributed by atoms with Gasteiger partial charge in [-0.1, -0.05) is 19.1 Å². The third kappa shape index (κ3) is 3.88. The number of benzene rings is 1. The van der Waals surface area contributed by atoms with E-state index in [0.29, 0.717) is 31.7 Å². The summed E-state index contributed by atoms with van der Waals surface area (Å²) in [4.78, 5) is 13.9. The Morgan fingerprint density at radius 2 is 2.32 bits per heavy atom. The van der Waals surface area contributed by atoms with Gasteiger partial charge in [0.25, 0.3) is 0 Å². The number of fused-ring (bicyclic) bond motifs is 1. The Morgan fingerprint density at radius 3 is 3.05 bits per heavy atom. The van der Waals surface area contributed by atoms with Crippen LogP contribution < -0.4 is 10.1 Å². The minimum Gasteiger partial charge on any atom is -0.490 e. The van der Waals surface area contributed by atoms with Crippen LogP contribution in [0.1, 0.15) is 37.8 Å². The fourth-order valence-electron chi connectivity index (χ4n) is 2.67. The normalized spacial score (nSPS) is 17.1. The van der Waals surface area contributed by atoms with Crippen molar-refractivity contribution in [3.05, 3.63) is 29.6 Å². The average Bonchev–Trinajstić information content (AvgIpc) is 2.71. The van der Waals surface area contributed by atoms with E-state index in [-0.39, 0.29) is 24.4 Å². The first-order chi connectivity index (χ1) is 10.7. The standard InChI is InChI=1S/C16H23FN2O3/c1-2-8-19(9-10-20)16(21)18-14-7-4-11-22-15-12(14)5-3-6-13(15)17/h3,5-6,14,20H,2,4,7-11H2,1H3,(H,18,21). The molecule has 6 heteroatoms. The lowest BCUT2D eigenvalue weighted by Crippen LogP contribution is -2.43. The first-order valence-corrected chi connectivity index (χ1v) is 7.74.